The third-order valence-electron chi connectivity index (χ3n) is 4.02. The number of rotatable bonds is 5. The number of carbonyl (C=O) groups is 2. The maximum Gasteiger partial charge on any atom is 0.233 e. The zero-order valence-corrected chi connectivity index (χ0v) is 14.7. The summed E-state index contributed by atoms with van der Waals surface area (Å²) in [6.45, 7) is 2.36. The fraction of sp³-hybridized carbons (Fsp3) is 0.263. The number of halogens is 1. The summed E-state index contributed by atoms with van der Waals surface area (Å²) in [6.07, 6.45) is 0.172. The Balaban J connectivity index is 1.61. The summed E-state index contributed by atoms with van der Waals surface area (Å²) in [5, 5.41) is 2.60. The largest absolute Gasteiger partial charge is 0.326 e. The van der Waals surface area contributed by atoms with Gasteiger partial charge < -0.3 is 10.2 Å². The summed E-state index contributed by atoms with van der Waals surface area (Å²) in [5.41, 5.74) is 2.65. The Kier molecular flexibility index (Phi) is 5.38. The van der Waals surface area contributed by atoms with Crippen molar-refractivity contribution in [1.82, 2.24) is 4.90 Å². The van der Waals surface area contributed by atoms with Crippen molar-refractivity contribution in [2.75, 3.05) is 17.6 Å². The van der Waals surface area contributed by atoms with E-state index in [0.29, 0.717) is 18.0 Å². The molecule has 0 aromatic heterocycles. The summed E-state index contributed by atoms with van der Waals surface area (Å²) in [7, 11) is 0. The first-order chi connectivity index (χ1) is 12.0. The first-order valence-electron chi connectivity index (χ1n) is 8.06. The lowest BCUT2D eigenvalue weighted by Crippen LogP contribution is -2.31. The van der Waals surface area contributed by atoms with Gasteiger partial charge in [-0.2, -0.15) is 0 Å². The van der Waals surface area contributed by atoms with Gasteiger partial charge >= 0.3 is 0 Å². The van der Waals surface area contributed by atoms with Gasteiger partial charge in [-0.3, -0.25) is 9.59 Å². The third kappa shape index (κ3) is 4.39. The van der Waals surface area contributed by atoms with Crippen LogP contribution in [-0.4, -0.2) is 29.0 Å². The Hall–Kier alpha value is -2.34. The van der Waals surface area contributed by atoms with Crippen molar-refractivity contribution < 1.29 is 14.0 Å². The monoisotopic (exact) mass is 358 g/mol. The van der Waals surface area contributed by atoms with E-state index in [9.17, 15) is 14.0 Å². The van der Waals surface area contributed by atoms with Crippen LogP contribution in [0.25, 0.3) is 0 Å². The highest BCUT2D eigenvalue weighted by Gasteiger charge is 2.32. The highest BCUT2D eigenvalue weighted by molar-refractivity contribution is 8.00. The van der Waals surface area contributed by atoms with Crippen molar-refractivity contribution in [3.8, 4) is 0 Å². The van der Waals surface area contributed by atoms with Crippen molar-refractivity contribution >= 4 is 29.3 Å². The summed E-state index contributed by atoms with van der Waals surface area (Å²) in [4.78, 5) is 26.0. The van der Waals surface area contributed by atoms with Gasteiger partial charge in [0.2, 0.25) is 11.8 Å². The summed E-state index contributed by atoms with van der Waals surface area (Å²) < 4.78 is 13.2. The predicted molar refractivity (Wildman–Crippen MR) is 97.7 cm³/mol. The standard InChI is InChI=1S/C19H19FN2O2S/c1-13-5-7-14(8-6-13)19-22(18(24)12-25-19)10-9-17(23)21-16-4-2-3-15(20)11-16/h2-8,11,19H,9-10,12H2,1H3,(H,21,23)/t19-/m0/s1. The molecular weight excluding hydrogens is 339 g/mol. The maximum atomic E-state index is 13.2. The summed E-state index contributed by atoms with van der Waals surface area (Å²) >= 11 is 1.57. The Morgan fingerprint density at radius 1 is 1.28 bits per heavy atom. The smallest absolute Gasteiger partial charge is 0.233 e. The Bertz CT molecular complexity index is 779. The van der Waals surface area contributed by atoms with Gasteiger partial charge in [0.1, 0.15) is 11.2 Å². The van der Waals surface area contributed by atoms with E-state index in [4.69, 9.17) is 0 Å². The number of nitrogens with one attached hydrogen (secondary N) is 1. The molecule has 1 atom stereocenters. The van der Waals surface area contributed by atoms with Crippen molar-refractivity contribution in [2.45, 2.75) is 18.7 Å². The Morgan fingerprint density at radius 3 is 2.76 bits per heavy atom. The number of amides is 2. The van der Waals surface area contributed by atoms with Crippen molar-refractivity contribution in [3.05, 3.63) is 65.5 Å². The molecule has 4 nitrogen and oxygen atoms in total. The molecule has 1 aliphatic rings. The van der Waals surface area contributed by atoms with Gasteiger partial charge in [-0.05, 0) is 30.7 Å². The minimum atomic E-state index is -0.400. The normalized spacial score (nSPS) is 17.0. The summed E-state index contributed by atoms with van der Waals surface area (Å²) in [6, 6.07) is 13.8. The number of anilines is 1. The summed E-state index contributed by atoms with van der Waals surface area (Å²) in [5.74, 6) is -0.181. The molecule has 1 N–H and O–H groups in total. The number of carbonyl (C=O) groups excluding carboxylic acids is 2. The fourth-order valence-electron chi connectivity index (χ4n) is 2.71. The molecule has 0 bridgehead atoms. The molecule has 2 amide bonds. The number of hydrogen-bond acceptors (Lipinski definition) is 3. The van der Waals surface area contributed by atoms with E-state index >= 15 is 0 Å². The number of aryl methyl sites for hydroxylation is 1. The molecule has 1 aliphatic heterocycles. The van der Waals surface area contributed by atoms with Crippen LogP contribution in [0.2, 0.25) is 0 Å². The van der Waals surface area contributed by atoms with E-state index in [1.54, 1.807) is 28.8 Å². The van der Waals surface area contributed by atoms with Crippen LogP contribution in [-0.2, 0) is 9.59 Å². The van der Waals surface area contributed by atoms with Crippen LogP contribution >= 0.6 is 11.8 Å². The SMILES string of the molecule is Cc1ccc([C@@H]2SCC(=O)N2CCC(=O)Nc2cccc(F)c2)cc1. The molecule has 0 aliphatic carbocycles. The molecule has 0 saturated carbocycles. The van der Waals surface area contributed by atoms with Crippen molar-refractivity contribution in [3.63, 3.8) is 0 Å². The molecule has 2 aromatic rings. The number of benzene rings is 2. The number of nitrogens with zero attached hydrogens (tertiary/aromatic N) is 1. The van der Waals surface area contributed by atoms with Gasteiger partial charge in [0.15, 0.2) is 0 Å². The molecule has 0 spiro atoms. The van der Waals surface area contributed by atoms with Crippen LogP contribution in [0.4, 0.5) is 10.1 Å². The van der Waals surface area contributed by atoms with E-state index in [0.717, 1.165) is 5.56 Å². The van der Waals surface area contributed by atoms with Crippen molar-refractivity contribution in [1.29, 1.82) is 0 Å². The number of thioether (sulfide) groups is 1. The minimum absolute atomic E-state index is 0.0362. The highest BCUT2D eigenvalue weighted by Crippen LogP contribution is 2.38. The van der Waals surface area contributed by atoms with Gasteiger partial charge in [-0.1, -0.05) is 35.9 Å². The molecule has 6 heteroatoms. The van der Waals surface area contributed by atoms with Gasteiger partial charge in [0.25, 0.3) is 0 Å². The zero-order chi connectivity index (χ0) is 17.8. The molecule has 0 radical (unpaired) electrons. The Morgan fingerprint density at radius 2 is 2.04 bits per heavy atom. The average Bonchev–Trinajstić information content (AvgIpc) is 2.94. The second kappa shape index (κ2) is 7.70. The second-order valence-electron chi connectivity index (χ2n) is 5.97. The fourth-order valence-corrected chi connectivity index (χ4v) is 3.93. The van der Waals surface area contributed by atoms with Crippen LogP contribution in [0.1, 0.15) is 22.9 Å². The van der Waals surface area contributed by atoms with E-state index in [-0.39, 0.29) is 23.6 Å². The van der Waals surface area contributed by atoms with Crippen LogP contribution in [0.15, 0.2) is 48.5 Å². The maximum absolute atomic E-state index is 13.2. The minimum Gasteiger partial charge on any atom is -0.326 e. The van der Waals surface area contributed by atoms with Crippen LogP contribution in [0.3, 0.4) is 0 Å². The van der Waals surface area contributed by atoms with Crippen LogP contribution in [0, 0.1) is 12.7 Å². The quantitative estimate of drug-likeness (QED) is 0.886. The molecular formula is C19H19FN2O2S. The van der Waals surface area contributed by atoms with Crippen LogP contribution < -0.4 is 5.32 Å². The molecule has 25 heavy (non-hydrogen) atoms. The topological polar surface area (TPSA) is 49.4 Å². The Labute approximate surface area is 150 Å². The molecule has 1 heterocycles. The predicted octanol–water partition coefficient (Wildman–Crippen LogP) is 3.74. The lowest BCUT2D eigenvalue weighted by Gasteiger charge is -2.24. The molecule has 0 unspecified atom stereocenters. The molecule has 1 saturated heterocycles. The molecule has 2 aromatic carbocycles. The second-order valence-corrected chi connectivity index (χ2v) is 7.04. The van der Waals surface area contributed by atoms with Gasteiger partial charge in [-0.25, -0.2) is 4.39 Å². The van der Waals surface area contributed by atoms with Crippen LogP contribution in [0.5, 0.6) is 0 Å². The first kappa shape index (κ1) is 17.5. The molecule has 1 fully saturated rings. The lowest BCUT2D eigenvalue weighted by atomic mass is 10.1. The van der Waals surface area contributed by atoms with E-state index in [2.05, 4.69) is 5.32 Å². The highest BCUT2D eigenvalue weighted by atomic mass is 32.2. The lowest BCUT2D eigenvalue weighted by molar-refractivity contribution is -0.128. The number of hydrogen-bond donors (Lipinski definition) is 1. The van der Waals surface area contributed by atoms with Gasteiger partial charge in [-0.15, -0.1) is 11.8 Å². The van der Waals surface area contributed by atoms with E-state index in [1.807, 2.05) is 31.2 Å². The third-order valence-corrected chi connectivity index (χ3v) is 5.27. The van der Waals surface area contributed by atoms with Gasteiger partial charge in [0, 0.05) is 18.7 Å². The molecule has 3 rings (SSSR count). The van der Waals surface area contributed by atoms with Gasteiger partial charge in [0.05, 0.1) is 5.75 Å². The zero-order valence-electron chi connectivity index (χ0n) is 13.9. The molecule has 130 valence electrons. The average molecular weight is 358 g/mol. The first-order valence-corrected chi connectivity index (χ1v) is 9.11. The van der Waals surface area contributed by atoms with Crippen molar-refractivity contribution in [2.24, 2.45) is 0 Å². The van der Waals surface area contributed by atoms with E-state index < -0.39 is 5.82 Å². The van der Waals surface area contributed by atoms with E-state index in [1.165, 1.54) is 17.7 Å².